The Morgan fingerprint density at radius 1 is 1.17 bits per heavy atom. The van der Waals surface area contributed by atoms with E-state index in [0.29, 0.717) is 5.02 Å². The fourth-order valence-corrected chi connectivity index (χ4v) is 4.08. The predicted molar refractivity (Wildman–Crippen MR) is 97.0 cm³/mol. The lowest BCUT2D eigenvalue weighted by molar-refractivity contribution is 0.242. The molecule has 0 radical (unpaired) electrons. The third-order valence-electron chi connectivity index (χ3n) is 3.86. The van der Waals surface area contributed by atoms with Crippen LogP contribution in [0.4, 0.5) is 10.5 Å². The van der Waals surface area contributed by atoms with Gasteiger partial charge in [0.1, 0.15) is 0 Å². The van der Waals surface area contributed by atoms with Gasteiger partial charge in [0.05, 0.1) is 4.34 Å². The molecule has 23 heavy (non-hydrogen) atoms. The Morgan fingerprint density at radius 2 is 1.96 bits per heavy atom. The molecular formula is C16H17Cl2N3OS. The number of thiophene rings is 1. The minimum atomic E-state index is -0.202. The summed E-state index contributed by atoms with van der Waals surface area (Å²) in [5.74, 6) is 0.234. The van der Waals surface area contributed by atoms with E-state index in [1.807, 2.05) is 12.1 Å². The van der Waals surface area contributed by atoms with Crippen LogP contribution >= 0.6 is 34.5 Å². The van der Waals surface area contributed by atoms with Gasteiger partial charge >= 0.3 is 6.03 Å². The van der Waals surface area contributed by atoms with E-state index in [1.165, 1.54) is 4.88 Å². The quantitative estimate of drug-likeness (QED) is 0.754. The van der Waals surface area contributed by atoms with Crippen molar-refractivity contribution in [2.75, 3.05) is 18.4 Å². The van der Waals surface area contributed by atoms with Crippen LogP contribution in [0, 0.1) is 0 Å². The number of hydrogen-bond acceptors (Lipinski definition) is 3. The van der Waals surface area contributed by atoms with E-state index in [-0.39, 0.29) is 18.0 Å². The maximum absolute atomic E-state index is 12.2. The highest BCUT2D eigenvalue weighted by Gasteiger charge is 2.28. The number of halogens is 2. The van der Waals surface area contributed by atoms with Crippen molar-refractivity contribution in [1.29, 1.82) is 0 Å². The molecule has 0 aliphatic carbocycles. The van der Waals surface area contributed by atoms with Gasteiger partial charge in [0.15, 0.2) is 0 Å². The lowest BCUT2D eigenvalue weighted by Crippen LogP contribution is -2.49. The second kappa shape index (κ2) is 7.53. The molecule has 1 aromatic carbocycles. The van der Waals surface area contributed by atoms with Gasteiger partial charge in [-0.05, 0) is 49.4 Å². The van der Waals surface area contributed by atoms with Crippen LogP contribution in [0.15, 0.2) is 36.4 Å². The molecule has 122 valence electrons. The van der Waals surface area contributed by atoms with E-state index >= 15 is 0 Å². The van der Waals surface area contributed by atoms with Crippen molar-refractivity contribution in [2.45, 2.75) is 18.4 Å². The monoisotopic (exact) mass is 369 g/mol. The lowest BCUT2D eigenvalue weighted by atomic mass is 9.92. The number of nitrogens with one attached hydrogen (secondary N) is 3. The van der Waals surface area contributed by atoms with E-state index in [4.69, 9.17) is 23.2 Å². The fourth-order valence-electron chi connectivity index (χ4n) is 2.73. The molecule has 0 saturated carbocycles. The molecule has 7 heteroatoms. The van der Waals surface area contributed by atoms with Crippen molar-refractivity contribution in [3.63, 3.8) is 0 Å². The van der Waals surface area contributed by atoms with E-state index in [2.05, 4.69) is 16.0 Å². The zero-order chi connectivity index (χ0) is 16.2. The Morgan fingerprint density at radius 3 is 2.65 bits per heavy atom. The molecule has 4 nitrogen and oxygen atoms in total. The highest BCUT2D eigenvalue weighted by Crippen LogP contribution is 2.32. The van der Waals surface area contributed by atoms with Crippen molar-refractivity contribution in [1.82, 2.24) is 10.6 Å². The first kappa shape index (κ1) is 16.6. The largest absolute Gasteiger partial charge is 0.334 e. The zero-order valence-corrected chi connectivity index (χ0v) is 14.6. The molecule has 0 unspecified atom stereocenters. The van der Waals surface area contributed by atoms with Gasteiger partial charge in [-0.2, -0.15) is 0 Å². The van der Waals surface area contributed by atoms with Crippen molar-refractivity contribution in [3.8, 4) is 0 Å². The summed E-state index contributed by atoms with van der Waals surface area (Å²) in [6.45, 7) is 1.73. The van der Waals surface area contributed by atoms with Crippen LogP contribution in [0.3, 0.4) is 0 Å². The summed E-state index contributed by atoms with van der Waals surface area (Å²) in [5.41, 5.74) is 0.719. The van der Waals surface area contributed by atoms with Crippen LogP contribution in [-0.4, -0.2) is 25.2 Å². The summed E-state index contributed by atoms with van der Waals surface area (Å²) in [7, 11) is 0. The molecule has 3 N–H and O–H groups in total. The molecule has 1 aliphatic heterocycles. The first-order chi connectivity index (χ1) is 11.1. The van der Waals surface area contributed by atoms with Crippen molar-refractivity contribution in [2.24, 2.45) is 0 Å². The summed E-state index contributed by atoms with van der Waals surface area (Å²) in [5, 5.41) is 9.94. The Hall–Kier alpha value is -1.27. The maximum Gasteiger partial charge on any atom is 0.319 e. The predicted octanol–water partition coefficient (Wildman–Crippen LogP) is 4.32. The summed E-state index contributed by atoms with van der Waals surface area (Å²) in [6, 6.07) is 10.9. The number of carbonyl (C=O) groups excluding carboxylic acids is 1. The Kier molecular flexibility index (Phi) is 5.43. The standard InChI is InChI=1S/C16H17Cl2N3OS/c17-10-1-3-11(4-2-10)20-16(22)21-13-7-8-19-9-12(13)14-5-6-15(18)23-14/h1-6,12-13,19H,7-9H2,(H2,20,21,22)/t12-,13-/m1/s1. The Labute approximate surface area is 149 Å². The maximum atomic E-state index is 12.2. The van der Waals surface area contributed by atoms with Crippen LogP contribution in [0.25, 0.3) is 0 Å². The molecule has 0 spiro atoms. The van der Waals surface area contributed by atoms with Gasteiger partial charge in [-0.25, -0.2) is 4.79 Å². The van der Waals surface area contributed by atoms with Gasteiger partial charge in [-0.3, -0.25) is 0 Å². The van der Waals surface area contributed by atoms with Crippen molar-refractivity contribution in [3.05, 3.63) is 50.6 Å². The molecule has 2 amide bonds. The van der Waals surface area contributed by atoms with Crippen molar-refractivity contribution >= 4 is 46.3 Å². The van der Waals surface area contributed by atoms with Crippen LogP contribution in [0.5, 0.6) is 0 Å². The number of hydrogen-bond donors (Lipinski definition) is 3. The molecular weight excluding hydrogens is 353 g/mol. The first-order valence-corrected chi connectivity index (χ1v) is 8.98. The molecule has 1 aliphatic rings. The average molecular weight is 370 g/mol. The van der Waals surface area contributed by atoms with Crippen molar-refractivity contribution < 1.29 is 4.79 Å². The van der Waals surface area contributed by atoms with E-state index in [1.54, 1.807) is 35.6 Å². The smallest absolute Gasteiger partial charge is 0.319 e. The topological polar surface area (TPSA) is 53.2 Å². The molecule has 2 heterocycles. The molecule has 3 rings (SSSR count). The van der Waals surface area contributed by atoms with Crippen LogP contribution < -0.4 is 16.0 Å². The minimum absolute atomic E-state index is 0.0817. The van der Waals surface area contributed by atoms with Crippen LogP contribution in [-0.2, 0) is 0 Å². The van der Waals surface area contributed by atoms with E-state index < -0.39 is 0 Å². The number of carbonyl (C=O) groups is 1. The number of benzene rings is 1. The summed E-state index contributed by atoms with van der Waals surface area (Å²) in [6.07, 6.45) is 0.883. The number of piperidine rings is 1. The Bertz CT molecular complexity index is 674. The fraction of sp³-hybridized carbons (Fsp3) is 0.312. The number of rotatable bonds is 3. The zero-order valence-electron chi connectivity index (χ0n) is 12.3. The highest BCUT2D eigenvalue weighted by atomic mass is 35.5. The number of anilines is 1. The number of urea groups is 1. The lowest BCUT2D eigenvalue weighted by Gasteiger charge is -2.32. The van der Waals surface area contributed by atoms with Gasteiger partial charge in [0, 0.05) is 34.1 Å². The third-order valence-corrected chi connectivity index (χ3v) is 5.48. The minimum Gasteiger partial charge on any atom is -0.334 e. The van der Waals surface area contributed by atoms with Gasteiger partial charge in [-0.1, -0.05) is 23.2 Å². The SMILES string of the molecule is O=C(Nc1ccc(Cl)cc1)N[C@@H]1CCNC[C@H]1c1ccc(Cl)s1. The second-order valence-corrected chi connectivity index (χ2v) is 7.64. The molecule has 2 aromatic rings. The average Bonchev–Trinajstić information content (AvgIpc) is 2.96. The number of amides is 2. The summed E-state index contributed by atoms with van der Waals surface area (Å²) in [4.78, 5) is 13.4. The molecule has 0 bridgehead atoms. The molecule has 1 fully saturated rings. The summed E-state index contributed by atoms with van der Waals surface area (Å²) < 4.78 is 0.773. The highest BCUT2D eigenvalue weighted by molar-refractivity contribution is 7.16. The second-order valence-electron chi connectivity index (χ2n) is 5.45. The molecule has 2 atom stereocenters. The van der Waals surface area contributed by atoms with Gasteiger partial charge < -0.3 is 16.0 Å². The third kappa shape index (κ3) is 4.38. The van der Waals surface area contributed by atoms with Gasteiger partial charge in [0.2, 0.25) is 0 Å². The molecule has 1 aromatic heterocycles. The van der Waals surface area contributed by atoms with Gasteiger partial charge in [-0.15, -0.1) is 11.3 Å². The van der Waals surface area contributed by atoms with Crippen LogP contribution in [0.2, 0.25) is 9.36 Å². The first-order valence-electron chi connectivity index (χ1n) is 7.41. The summed E-state index contributed by atoms with van der Waals surface area (Å²) >= 11 is 13.5. The molecule has 1 saturated heterocycles. The van der Waals surface area contributed by atoms with Crippen LogP contribution in [0.1, 0.15) is 17.2 Å². The van der Waals surface area contributed by atoms with E-state index in [0.717, 1.165) is 29.5 Å². The van der Waals surface area contributed by atoms with Gasteiger partial charge in [0.25, 0.3) is 0 Å². The normalized spacial score (nSPS) is 21.0. The van der Waals surface area contributed by atoms with E-state index in [9.17, 15) is 4.79 Å². The Balaban J connectivity index is 1.64.